The van der Waals surface area contributed by atoms with Crippen LogP contribution < -0.4 is 20.9 Å². The van der Waals surface area contributed by atoms with Crippen LogP contribution in [-0.4, -0.2) is 59.7 Å². The maximum absolute atomic E-state index is 14.5. The average molecular weight is 617 g/mol. The summed E-state index contributed by atoms with van der Waals surface area (Å²) in [6.45, 7) is 16.4. The number of methoxy groups -OCH3 is 1. The Morgan fingerprint density at radius 3 is 2.71 bits per heavy atom. The van der Waals surface area contributed by atoms with Crippen molar-refractivity contribution in [1.82, 2.24) is 19.8 Å². The number of ether oxygens (including phenoxy) is 1. The summed E-state index contributed by atoms with van der Waals surface area (Å²) in [7, 11) is 1.51. The van der Waals surface area contributed by atoms with Gasteiger partial charge in [0.05, 0.1) is 24.3 Å². The van der Waals surface area contributed by atoms with Crippen LogP contribution in [0.5, 0.6) is 5.75 Å². The normalized spacial score (nSPS) is 27.8. The molecule has 1 aliphatic heterocycles. The van der Waals surface area contributed by atoms with E-state index < -0.39 is 0 Å². The van der Waals surface area contributed by atoms with Gasteiger partial charge in [0.2, 0.25) is 0 Å². The van der Waals surface area contributed by atoms with E-state index in [-0.39, 0.29) is 11.4 Å². The highest BCUT2D eigenvalue weighted by molar-refractivity contribution is 5.95. The SMILES string of the molecule is CCN1CCC(CN=C(Nc2ccc3c(=O)n(CCc4ccc(OC)cc4F)cnc3c2)NC2C[C@]3(C)C[C@H]([C@@H]2C)C3(C)C)C1. The Hall–Kier alpha value is -3.46. The molecule has 0 radical (unpaired) electrons. The van der Waals surface area contributed by atoms with Gasteiger partial charge in [-0.05, 0) is 97.2 Å². The molecule has 5 atom stereocenters. The zero-order chi connectivity index (χ0) is 31.9. The lowest BCUT2D eigenvalue weighted by atomic mass is 9.37. The van der Waals surface area contributed by atoms with E-state index in [1.165, 1.54) is 26.0 Å². The molecule has 242 valence electrons. The number of benzene rings is 2. The zero-order valence-electron chi connectivity index (χ0n) is 27.7. The molecule has 0 spiro atoms. The summed E-state index contributed by atoms with van der Waals surface area (Å²) in [6.07, 6.45) is 5.54. The second-order valence-electron chi connectivity index (χ2n) is 14.5. The number of anilines is 1. The molecule has 1 aromatic heterocycles. The minimum atomic E-state index is -0.342. The molecule has 2 heterocycles. The van der Waals surface area contributed by atoms with Crippen LogP contribution >= 0.6 is 0 Å². The minimum Gasteiger partial charge on any atom is -0.497 e. The fraction of sp³-hybridized carbons (Fsp3) is 0.583. The summed E-state index contributed by atoms with van der Waals surface area (Å²) >= 11 is 0. The molecule has 9 heteroatoms. The third-order valence-electron chi connectivity index (χ3n) is 11.7. The van der Waals surface area contributed by atoms with E-state index >= 15 is 0 Å². The van der Waals surface area contributed by atoms with Crippen molar-refractivity contribution in [3.8, 4) is 5.75 Å². The van der Waals surface area contributed by atoms with Gasteiger partial charge in [0.25, 0.3) is 5.56 Å². The molecule has 3 aliphatic carbocycles. The van der Waals surface area contributed by atoms with Crippen LogP contribution in [0.2, 0.25) is 0 Å². The van der Waals surface area contributed by atoms with Crippen LogP contribution in [0.4, 0.5) is 10.1 Å². The van der Waals surface area contributed by atoms with E-state index in [4.69, 9.17) is 9.73 Å². The zero-order valence-corrected chi connectivity index (χ0v) is 27.7. The van der Waals surface area contributed by atoms with Gasteiger partial charge in [0, 0.05) is 37.4 Å². The Morgan fingerprint density at radius 1 is 1.18 bits per heavy atom. The van der Waals surface area contributed by atoms with Crippen molar-refractivity contribution in [3.05, 3.63) is 64.5 Å². The van der Waals surface area contributed by atoms with E-state index in [0.29, 0.717) is 69.8 Å². The minimum absolute atomic E-state index is 0.139. The van der Waals surface area contributed by atoms with Gasteiger partial charge < -0.3 is 20.3 Å². The van der Waals surface area contributed by atoms with Crippen molar-refractivity contribution >= 4 is 22.5 Å². The fourth-order valence-electron chi connectivity index (χ4n) is 8.14. The predicted octanol–water partition coefficient (Wildman–Crippen LogP) is 5.95. The fourth-order valence-corrected chi connectivity index (χ4v) is 8.14. The number of nitrogens with one attached hydrogen (secondary N) is 2. The smallest absolute Gasteiger partial charge is 0.261 e. The molecule has 8 nitrogen and oxygen atoms in total. The number of halogens is 1. The van der Waals surface area contributed by atoms with Crippen LogP contribution in [0.1, 0.15) is 59.4 Å². The van der Waals surface area contributed by atoms with E-state index in [9.17, 15) is 9.18 Å². The van der Waals surface area contributed by atoms with Gasteiger partial charge in [-0.25, -0.2) is 9.37 Å². The molecule has 0 amide bonds. The first-order valence-corrected chi connectivity index (χ1v) is 16.6. The first-order chi connectivity index (χ1) is 21.5. The third kappa shape index (κ3) is 6.08. The molecule has 7 rings (SSSR count). The van der Waals surface area contributed by atoms with Crippen LogP contribution in [0.3, 0.4) is 0 Å². The number of nitrogens with zero attached hydrogens (tertiary/aromatic N) is 4. The number of aliphatic imine (C=N–C) groups is 1. The summed E-state index contributed by atoms with van der Waals surface area (Å²) < 4.78 is 21.1. The quantitative estimate of drug-likeness (QED) is 0.229. The second-order valence-corrected chi connectivity index (χ2v) is 14.5. The van der Waals surface area contributed by atoms with E-state index in [1.54, 1.807) is 23.0 Å². The van der Waals surface area contributed by atoms with Gasteiger partial charge in [-0.1, -0.05) is 40.7 Å². The Balaban J connectivity index is 1.19. The van der Waals surface area contributed by atoms with Crippen molar-refractivity contribution in [2.45, 2.75) is 72.9 Å². The number of aromatic nitrogens is 2. The summed E-state index contributed by atoms with van der Waals surface area (Å²) in [6, 6.07) is 10.8. The van der Waals surface area contributed by atoms with E-state index in [0.717, 1.165) is 44.2 Å². The first-order valence-electron chi connectivity index (χ1n) is 16.6. The lowest BCUT2D eigenvalue weighted by Crippen LogP contribution is -2.66. The molecular formula is C36H49FN6O2. The number of fused-ring (bicyclic) bond motifs is 3. The standard InChI is InChI=1S/C36H49FN6O2/c1-7-42-14-12-24(21-42)20-38-34(41-32-19-36(5)18-29(23(32)2)35(36,3)4)40-26-9-11-28-31(16-26)39-22-43(33(28)44)15-13-25-8-10-27(45-6)17-30(25)37/h8-11,16-17,22-24,29,32H,7,12-15,18-21H2,1-6H3,(H2,38,40,41)/t23-,24?,29+,32?,36-/m0/s1. The molecule has 3 aromatic rings. The summed E-state index contributed by atoms with van der Waals surface area (Å²) in [5.74, 6) is 2.75. The van der Waals surface area contributed by atoms with E-state index in [1.807, 2.05) is 18.2 Å². The molecule has 2 unspecified atom stereocenters. The van der Waals surface area contributed by atoms with Crippen LogP contribution in [0.25, 0.3) is 10.9 Å². The van der Waals surface area contributed by atoms with Gasteiger partial charge in [-0.3, -0.25) is 14.4 Å². The number of aryl methyl sites for hydroxylation is 2. The number of hydrogen-bond acceptors (Lipinski definition) is 5. The Kier molecular flexibility index (Phi) is 8.67. The molecule has 4 fully saturated rings. The molecule has 1 saturated heterocycles. The number of rotatable bonds is 9. The molecular weight excluding hydrogens is 567 g/mol. The van der Waals surface area contributed by atoms with Crippen molar-refractivity contribution < 1.29 is 9.13 Å². The van der Waals surface area contributed by atoms with Gasteiger partial charge in [-0.2, -0.15) is 0 Å². The highest BCUT2D eigenvalue weighted by Gasteiger charge is 2.63. The van der Waals surface area contributed by atoms with Gasteiger partial charge in [0.1, 0.15) is 11.6 Å². The monoisotopic (exact) mass is 616 g/mol. The van der Waals surface area contributed by atoms with Crippen LogP contribution in [0.15, 0.2) is 52.5 Å². The van der Waals surface area contributed by atoms with Crippen LogP contribution in [-0.2, 0) is 13.0 Å². The Bertz CT molecular complexity index is 1640. The number of likely N-dealkylation sites (tertiary alicyclic amines) is 1. The first kappa shape index (κ1) is 31.5. The third-order valence-corrected chi connectivity index (χ3v) is 11.7. The second kappa shape index (κ2) is 12.4. The van der Waals surface area contributed by atoms with Crippen molar-refractivity contribution in [3.63, 3.8) is 0 Å². The van der Waals surface area contributed by atoms with Crippen molar-refractivity contribution in [2.24, 2.45) is 33.6 Å². The lowest BCUT2D eigenvalue weighted by Gasteiger charge is -2.68. The highest BCUT2D eigenvalue weighted by Crippen LogP contribution is 2.69. The van der Waals surface area contributed by atoms with Gasteiger partial charge in [-0.15, -0.1) is 0 Å². The van der Waals surface area contributed by atoms with Crippen LogP contribution in [0, 0.1) is 34.4 Å². The predicted molar refractivity (Wildman–Crippen MR) is 180 cm³/mol. The molecule has 3 saturated carbocycles. The highest BCUT2D eigenvalue weighted by atomic mass is 19.1. The number of guanidine groups is 1. The van der Waals surface area contributed by atoms with Crippen molar-refractivity contribution in [1.29, 1.82) is 0 Å². The maximum atomic E-state index is 14.5. The topological polar surface area (TPSA) is 83.8 Å². The molecule has 45 heavy (non-hydrogen) atoms. The maximum Gasteiger partial charge on any atom is 0.261 e. The summed E-state index contributed by atoms with van der Waals surface area (Å²) in [5, 5.41) is 7.95. The summed E-state index contributed by atoms with van der Waals surface area (Å²) in [4.78, 5) is 25.6. The van der Waals surface area contributed by atoms with Crippen molar-refractivity contribution in [2.75, 3.05) is 38.6 Å². The molecule has 2 bridgehead atoms. The van der Waals surface area contributed by atoms with Gasteiger partial charge >= 0.3 is 0 Å². The lowest BCUT2D eigenvalue weighted by molar-refractivity contribution is -0.184. The molecule has 2 aromatic carbocycles. The summed E-state index contributed by atoms with van der Waals surface area (Å²) in [5.41, 5.74) is 2.56. The average Bonchev–Trinajstić information content (AvgIpc) is 3.49. The number of hydrogen-bond donors (Lipinski definition) is 2. The molecule has 2 N–H and O–H groups in total. The van der Waals surface area contributed by atoms with Gasteiger partial charge in [0.15, 0.2) is 5.96 Å². The largest absolute Gasteiger partial charge is 0.497 e. The Labute approximate surface area is 266 Å². The Morgan fingerprint density at radius 2 is 2.00 bits per heavy atom. The van der Waals surface area contributed by atoms with E-state index in [2.05, 4.69) is 55.1 Å². The molecule has 4 aliphatic rings.